The van der Waals surface area contributed by atoms with Gasteiger partial charge >= 0.3 is 0 Å². The Kier molecular flexibility index (Phi) is 5.22. The van der Waals surface area contributed by atoms with Crippen LogP contribution in [0.25, 0.3) is 0 Å². The number of unbranched alkanes of at least 4 members (excludes halogenated alkanes) is 1. The van der Waals surface area contributed by atoms with Gasteiger partial charge in [-0.05, 0) is 27.3 Å². The highest BCUT2D eigenvalue weighted by Crippen LogP contribution is 2.19. The summed E-state index contributed by atoms with van der Waals surface area (Å²) in [5.74, 6) is 0. The molecule has 0 bridgehead atoms. The predicted octanol–water partition coefficient (Wildman–Crippen LogP) is 1.53. The second-order valence-electron chi connectivity index (χ2n) is 5.87. The Morgan fingerprint density at radius 2 is 2.00 bits per heavy atom. The van der Waals surface area contributed by atoms with Gasteiger partial charge in [-0.15, -0.1) is 0 Å². The third kappa shape index (κ3) is 4.04. The molecule has 0 radical (unpaired) electrons. The predicted molar refractivity (Wildman–Crippen MR) is 70.6 cm³/mol. The van der Waals surface area contributed by atoms with E-state index in [1.807, 2.05) is 0 Å². The van der Waals surface area contributed by atoms with Crippen LogP contribution < -0.4 is 5.73 Å². The summed E-state index contributed by atoms with van der Waals surface area (Å²) in [6.45, 7) is 11.4. The van der Waals surface area contributed by atoms with E-state index in [2.05, 4.69) is 37.6 Å². The summed E-state index contributed by atoms with van der Waals surface area (Å²) in [5.41, 5.74) is 6.45. The third-order valence-electron chi connectivity index (χ3n) is 3.82. The van der Waals surface area contributed by atoms with Gasteiger partial charge in [0.05, 0.1) is 0 Å². The fourth-order valence-corrected chi connectivity index (χ4v) is 2.39. The lowest BCUT2D eigenvalue weighted by Gasteiger charge is -2.46. The molecule has 0 aromatic carbocycles. The molecule has 1 aliphatic rings. The van der Waals surface area contributed by atoms with Crippen molar-refractivity contribution in [2.45, 2.75) is 51.6 Å². The van der Waals surface area contributed by atoms with Crippen LogP contribution >= 0.6 is 0 Å². The molecule has 0 aromatic heterocycles. The number of likely N-dealkylation sites (N-methyl/N-ethyl adjacent to an activating group) is 1. The van der Waals surface area contributed by atoms with Crippen molar-refractivity contribution in [2.24, 2.45) is 5.73 Å². The Hall–Kier alpha value is -0.120. The largest absolute Gasteiger partial charge is 0.327 e. The average molecular weight is 227 g/mol. The molecule has 96 valence electrons. The number of nitrogens with two attached hydrogens (primary N) is 1. The van der Waals surface area contributed by atoms with Gasteiger partial charge in [-0.1, -0.05) is 19.8 Å². The minimum Gasteiger partial charge on any atom is -0.327 e. The van der Waals surface area contributed by atoms with Gasteiger partial charge in [0.15, 0.2) is 0 Å². The van der Waals surface area contributed by atoms with Gasteiger partial charge in [-0.2, -0.15) is 0 Å². The van der Waals surface area contributed by atoms with Crippen LogP contribution in [0.2, 0.25) is 0 Å². The smallest absolute Gasteiger partial charge is 0.0277 e. The SMILES string of the molecule is CCCCC(N)CN1CCN(C)C(C)(C)C1. The van der Waals surface area contributed by atoms with Gasteiger partial charge in [0.25, 0.3) is 0 Å². The van der Waals surface area contributed by atoms with E-state index < -0.39 is 0 Å². The van der Waals surface area contributed by atoms with Crippen molar-refractivity contribution in [3.05, 3.63) is 0 Å². The van der Waals surface area contributed by atoms with E-state index in [1.165, 1.54) is 25.8 Å². The van der Waals surface area contributed by atoms with E-state index in [0.717, 1.165) is 19.6 Å². The van der Waals surface area contributed by atoms with Crippen molar-refractivity contribution >= 4 is 0 Å². The van der Waals surface area contributed by atoms with Crippen LogP contribution in [0.4, 0.5) is 0 Å². The summed E-state index contributed by atoms with van der Waals surface area (Å²) in [6.07, 6.45) is 3.68. The lowest BCUT2D eigenvalue weighted by Crippen LogP contribution is -2.59. The van der Waals surface area contributed by atoms with Crippen LogP contribution in [0.5, 0.6) is 0 Å². The molecule has 0 saturated carbocycles. The Labute approximate surface area is 101 Å². The van der Waals surface area contributed by atoms with Crippen molar-refractivity contribution in [3.8, 4) is 0 Å². The minimum absolute atomic E-state index is 0.294. The molecule has 1 rings (SSSR count). The average Bonchev–Trinajstić information content (AvgIpc) is 2.20. The number of nitrogens with zero attached hydrogens (tertiary/aromatic N) is 2. The normalized spacial score (nSPS) is 24.6. The highest BCUT2D eigenvalue weighted by molar-refractivity contribution is 4.89. The standard InChI is InChI=1S/C13H29N3/c1-5-6-7-12(14)10-16-9-8-15(4)13(2,3)11-16/h12H,5-11,14H2,1-4H3. The molecule has 1 fully saturated rings. The monoisotopic (exact) mass is 227 g/mol. The summed E-state index contributed by atoms with van der Waals surface area (Å²) in [4.78, 5) is 4.97. The molecule has 1 heterocycles. The maximum absolute atomic E-state index is 6.16. The Morgan fingerprint density at radius 1 is 1.31 bits per heavy atom. The first-order chi connectivity index (χ1) is 7.45. The number of rotatable bonds is 5. The molecule has 1 saturated heterocycles. The van der Waals surface area contributed by atoms with Crippen molar-refractivity contribution in [1.29, 1.82) is 0 Å². The summed E-state index contributed by atoms with van der Waals surface area (Å²) in [6, 6.07) is 0.360. The molecule has 0 amide bonds. The maximum Gasteiger partial charge on any atom is 0.0277 e. The first-order valence-electron chi connectivity index (χ1n) is 6.65. The molecule has 0 aromatic rings. The fraction of sp³-hybridized carbons (Fsp3) is 1.00. The molecule has 1 aliphatic heterocycles. The molecule has 16 heavy (non-hydrogen) atoms. The Balaban J connectivity index is 2.33. The molecule has 3 nitrogen and oxygen atoms in total. The molecular formula is C13H29N3. The molecule has 3 heteroatoms. The van der Waals surface area contributed by atoms with Gasteiger partial charge in [-0.3, -0.25) is 9.80 Å². The van der Waals surface area contributed by atoms with Gasteiger partial charge < -0.3 is 5.73 Å². The molecule has 2 N–H and O–H groups in total. The molecule has 0 spiro atoms. The second kappa shape index (κ2) is 5.99. The van der Waals surface area contributed by atoms with Crippen LogP contribution in [-0.4, -0.2) is 54.6 Å². The topological polar surface area (TPSA) is 32.5 Å². The van der Waals surface area contributed by atoms with Crippen LogP contribution in [0.3, 0.4) is 0 Å². The summed E-state index contributed by atoms with van der Waals surface area (Å²) < 4.78 is 0. The zero-order chi connectivity index (χ0) is 12.2. The molecular weight excluding hydrogens is 198 g/mol. The maximum atomic E-state index is 6.16. The summed E-state index contributed by atoms with van der Waals surface area (Å²) >= 11 is 0. The van der Waals surface area contributed by atoms with Crippen LogP contribution in [0.15, 0.2) is 0 Å². The number of hydrogen-bond donors (Lipinski definition) is 1. The highest BCUT2D eigenvalue weighted by Gasteiger charge is 2.31. The minimum atomic E-state index is 0.294. The molecule has 1 unspecified atom stereocenters. The zero-order valence-electron chi connectivity index (χ0n) is 11.5. The van der Waals surface area contributed by atoms with Gasteiger partial charge in [0.1, 0.15) is 0 Å². The van der Waals surface area contributed by atoms with Gasteiger partial charge in [0, 0.05) is 37.8 Å². The highest BCUT2D eigenvalue weighted by atomic mass is 15.3. The fourth-order valence-electron chi connectivity index (χ4n) is 2.39. The van der Waals surface area contributed by atoms with Crippen molar-refractivity contribution in [3.63, 3.8) is 0 Å². The number of piperazine rings is 1. The van der Waals surface area contributed by atoms with Crippen molar-refractivity contribution in [2.75, 3.05) is 33.2 Å². The van der Waals surface area contributed by atoms with E-state index in [0.29, 0.717) is 11.6 Å². The lowest BCUT2D eigenvalue weighted by molar-refractivity contribution is 0.0368. The van der Waals surface area contributed by atoms with Crippen molar-refractivity contribution < 1.29 is 0 Å². The van der Waals surface area contributed by atoms with Gasteiger partial charge in [0.2, 0.25) is 0 Å². The molecule has 1 atom stereocenters. The van der Waals surface area contributed by atoms with E-state index in [1.54, 1.807) is 0 Å². The third-order valence-corrected chi connectivity index (χ3v) is 3.82. The Morgan fingerprint density at radius 3 is 2.56 bits per heavy atom. The first-order valence-corrected chi connectivity index (χ1v) is 6.65. The van der Waals surface area contributed by atoms with Crippen LogP contribution in [-0.2, 0) is 0 Å². The van der Waals surface area contributed by atoms with E-state index in [-0.39, 0.29) is 0 Å². The van der Waals surface area contributed by atoms with Crippen LogP contribution in [0, 0.1) is 0 Å². The summed E-state index contributed by atoms with van der Waals surface area (Å²) in [5, 5.41) is 0. The van der Waals surface area contributed by atoms with Crippen molar-refractivity contribution in [1.82, 2.24) is 9.80 Å². The zero-order valence-corrected chi connectivity index (χ0v) is 11.5. The van der Waals surface area contributed by atoms with Gasteiger partial charge in [-0.25, -0.2) is 0 Å². The van der Waals surface area contributed by atoms with E-state index in [4.69, 9.17) is 5.73 Å². The quantitative estimate of drug-likeness (QED) is 0.773. The van der Waals surface area contributed by atoms with E-state index in [9.17, 15) is 0 Å². The Bertz CT molecular complexity index is 203. The molecule has 0 aliphatic carbocycles. The number of hydrogen-bond acceptors (Lipinski definition) is 3. The second-order valence-corrected chi connectivity index (χ2v) is 5.87. The van der Waals surface area contributed by atoms with E-state index >= 15 is 0 Å². The lowest BCUT2D eigenvalue weighted by atomic mass is 9.99. The summed E-state index contributed by atoms with van der Waals surface area (Å²) in [7, 11) is 2.22. The first kappa shape index (κ1) is 13.9. The van der Waals surface area contributed by atoms with Crippen LogP contribution in [0.1, 0.15) is 40.0 Å².